The summed E-state index contributed by atoms with van der Waals surface area (Å²) in [5.41, 5.74) is 5.14. The van der Waals surface area contributed by atoms with Crippen molar-refractivity contribution in [1.29, 1.82) is 0 Å². The number of anilines is 1. The molecule has 0 unspecified atom stereocenters. The van der Waals surface area contributed by atoms with Crippen LogP contribution in [0.3, 0.4) is 0 Å². The van der Waals surface area contributed by atoms with Crippen LogP contribution in [0.2, 0.25) is 0 Å². The monoisotopic (exact) mass is 302 g/mol. The molecule has 1 fully saturated rings. The lowest BCUT2D eigenvalue weighted by molar-refractivity contribution is 0.0126. The molecule has 1 aromatic carbocycles. The Labute approximate surface area is 118 Å². The van der Waals surface area contributed by atoms with Gasteiger partial charge < -0.3 is 10.8 Å². The molecule has 20 heavy (non-hydrogen) atoms. The van der Waals surface area contributed by atoms with E-state index in [2.05, 4.69) is 0 Å². The number of nitrogen functional groups attached to an aromatic ring is 1. The van der Waals surface area contributed by atoms with E-state index in [1.807, 2.05) is 0 Å². The Balaban J connectivity index is 2.32. The van der Waals surface area contributed by atoms with E-state index in [1.54, 1.807) is 6.92 Å². The van der Waals surface area contributed by atoms with Crippen LogP contribution in [0.15, 0.2) is 17.0 Å². The van der Waals surface area contributed by atoms with Crippen molar-refractivity contribution in [3.05, 3.63) is 23.5 Å². The predicted molar refractivity (Wildman–Crippen MR) is 74.2 cm³/mol. The first-order valence-corrected chi connectivity index (χ1v) is 7.86. The molecule has 0 spiro atoms. The number of benzene rings is 1. The van der Waals surface area contributed by atoms with Crippen LogP contribution in [0.1, 0.15) is 25.3 Å². The summed E-state index contributed by atoms with van der Waals surface area (Å²) in [5, 5.41) is 9.85. The van der Waals surface area contributed by atoms with Crippen molar-refractivity contribution < 1.29 is 17.9 Å². The molecule has 7 heteroatoms. The van der Waals surface area contributed by atoms with E-state index in [0.29, 0.717) is 12.8 Å². The van der Waals surface area contributed by atoms with Crippen LogP contribution in [0.4, 0.5) is 10.1 Å². The minimum atomic E-state index is -3.77. The van der Waals surface area contributed by atoms with E-state index in [0.717, 1.165) is 6.07 Å². The molecule has 1 aliphatic heterocycles. The Morgan fingerprint density at radius 1 is 1.35 bits per heavy atom. The van der Waals surface area contributed by atoms with E-state index in [1.165, 1.54) is 17.3 Å². The highest BCUT2D eigenvalue weighted by Gasteiger charge is 2.34. The van der Waals surface area contributed by atoms with Gasteiger partial charge in [0.15, 0.2) is 0 Å². The first kappa shape index (κ1) is 15.2. The lowest BCUT2D eigenvalue weighted by atomic mass is 9.95. The zero-order chi connectivity index (χ0) is 15.1. The molecule has 1 aromatic rings. The third kappa shape index (κ3) is 2.79. The normalized spacial score (nSPS) is 20.0. The van der Waals surface area contributed by atoms with Crippen LogP contribution in [0, 0.1) is 12.7 Å². The van der Waals surface area contributed by atoms with Gasteiger partial charge in [0, 0.05) is 24.3 Å². The molecule has 0 aromatic heterocycles. The second kappa shape index (κ2) is 4.98. The summed E-state index contributed by atoms with van der Waals surface area (Å²) in [4.78, 5) is -0.139. The lowest BCUT2D eigenvalue weighted by Gasteiger charge is -2.35. The summed E-state index contributed by atoms with van der Waals surface area (Å²) in [6.45, 7) is 3.61. The molecule has 3 N–H and O–H groups in total. The van der Waals surface area contributed by atoms with Gasteiger partial charge >= 0.3 is 0 Å². The Kier molecular flexibility index (Phi) is 3.79. The van der Waals surface area contributed by atoms with Crippen molar-refractivity contribution in [1.82, 2.24) is 4.31 Å². The first-order valence-electron chi connectivity index (χ1n) is 6.42. The van der Waals surface area contributed by atoms with Crippen molar-refractivity contribution in [3.8, 4) is 0 Å². The first-order chi connectivity index (χ1) is 9.13. The molecule has 1 saturated heterocycles. The summed E-state index contributed by atoms with van der Waals surface area (Å²) in [7, 11) is -3.77. The molecule has 0 atom stereocenters. The zero-order valence-corrected chi connectivity index (χ0v) is 12.4. The maximum absolute atomic E-state index is 13.7. The van der Waals surface area contributed by atoms with Gasteiger partial charge in [0.05, 0.1) is 10.5 Å². The molecular weight excluding hydrogens is 283 g/mol. The van der Waals surface area contributed by atoms with Gasteiger partial charge in [0.1, 0.15) is 5.82 Å². The number of sulfonamides is 1. The number of hydrogen-bond acceptors (Lipinski definition) is 4. The van der Waals surface area contributed by atoms with Crippen LogP contribution in [-0.2, 0) is 10.0 Å². The Hall–Kier alpha value is -1.18. The number of piperidine rings is 1. The van der Waals surface area contributed by atoms with Gasteiger partial charge in [-0.15, -0.1) is 0 Å². The number of hydrogen-bond donors (Lipinski definition) is 2. The zero-order valence-electron chi connectivity index (χ0n) is 11.6. The summed E-state index contributed by atoms with van der Waals surface area (Å²) in [6.07, 6.45) is 0.714. The van der Waals surface area contributed by atoms with Crippen molar-refractivity contribution >= 4 is 15.7 Å². The maximum Gasteiger partial charge on any atom is 0.243 e. The van der Waals surface area contributed by atoms with Gasteiger partial charge in [-0.2, -0.15) is 4.31 Å². The van der Waals surface area contributed by atoms with E-state index < -0.39 is 21.4 Å². The molecule has 2 rings (SSSR count). The number of halogens is 1. The molecule has 112 valence electrons. The third-order valence-electron chi connectivity index (χ3n) is 3.80. The molecule has 1 aliphatic rings. The van der Waals surface area contributed by atoms with Crippen LogP contribution in [0.5, 0.6) is 0 Å². The molecule has 0 bridgehead atoms. The maximum atomic E-state index is 13.7. The third-order valence-corrected chi connectivity index (χ3v) is 5.67. The fourth-order valence-corrected chi connectivity index (χ4v) is 3.67. The Morgan fingerprint density at radius 3 is 2.40 bits per heavy atom. The standard InChI is InChI=1S/C13H19FN2O3S/c1-9-11(14)7-10(8-12(9)15)20(18,19)16-5-3-13(2,17)4-6-16/h7-8,17H,3-6,15H2,1-2H3. The molecular formula is C13H19FN2O3S. The molecule has 0 radical (unpaired) electrons. The van der Waals surface area contributed by atoms with Crippen molar-refractivity contribution in [2.24, 2.45) is 0 Å². The smallest absolute Gasteiger partial charge is 0.243 e. The predicted octanol–water partition coefficient (Wildman–Crippen LogP) is 1.25. The van der Waals surface area contributed by atoms with Crippen LogP contribution in [0.25, 0.3) is 0 Å². The second-order valence-electron chi connectivity index (χ2n) is 5.52. The van der Waals surface area contributed by atoms with Crippen LogP contribution < -0.4 is 5.73 Å². The van der Waals surface area contributed by atoms with Crippen molar-refractivity contribution in [3.63, 3.8) is 0 Å². The van der Waals surface area contributed by atoms with Gasteiger partial charge in [0.25, 0.3) is 0 Å². The van der Waals surface area contributed by atoms with Crippen molar-refractivity contribution in [2.75, 3.05) is 18.8 Å². The van der Waals surface area contributed by atoms with Gasteiger partial charge in [-0.25, -0.2) is 12.8 Å². The van der Waals surface area contributed by atoms with E-state index in [-0.39, 0.29) is 29.2 Å². The molecule has 0 aliphatic carbocycles. The lowest BCUT2D eigenvalue weighted by Crippen LogP contribution is -2.45. The van der Waals surface area contributed by atoms with Gasteiger partial charge in [-0.3, -0.25) is 0 Å². The second-order valence-corrected chi connectivity index (χ2v) is 7.46. The molecule has 0 saturated carbocycles. The molecule has 0 amide bonds. The summed E-state index contributed by atoms with van der Waals surface area (Å²) < 4.78 is 39.8. The minimum Gasteiger partial charge on any atom is -0.398 e. The summed E-state index contributed by atoms with van der Waals surface area (Å²) in [6, 6.07) is 2.27. The highest BCUT2D eigenvalue weighted by molar-refractivity contribution is 7.89. The number of rotatable bonds is 2. The fraction of sp³-hybridized carbons (Fsp3) is 0.538. The van der Waals surface area contributed by atoms with E-state index in [9.17, 15) is 17.9 Å². The summed E-state index contributed by atoms with van der Waals surface area (Å²) >= 11 is 0. The Bertz CT molecular complexity index is 595. The SMILES string of the molecule is Cc1c(N)cc(S(=O)(=O)N2CCC(C)(O)CC2)cc1F. The van der Waals surface area contributed by atoms with Gasteiger partial charge in [-0.05, 0) is 38.8 Å². The molecule has 5 nitrogen and oxygen atoms in total. The average Bonchev–Trinajstić information content (AvgIpc) is 2.34. The fourth-order valence-electron chi connectivity index (χ4n) is 2.18. The average molecular weight is 302 g/mol. The number of nitrogens with two attached hydrogens (primary N) is 1. The van der Waals surface area contributed by atoms with E-state index >= 15 is 0 Å². The number of aliphatic hydroxyl groups is 1. The van der Waals surface area contributed by atoms with Crippen LogP contribution >= 0.6 is 0 Å². The highest BCUT2D eigenvalue weighted by atomic mass is 32.2. The quantitative estimate of drug-likeness (QED) is 0.805. The van der Waals surface area contributed by atoms with Gasteiger partial charge in [0.2, 0.25) is 10.0 Å². The van der Waals surface area contributed by atoms with Crippen molar-refractivity contribution in [2.45, 2.75) is 37.2 Å². The topological polar surface area (TPSA) is 83.6 Å². The highest BCUT2D eigenvalue weighted by Crippen LogP contribution is 2.28. The minimum absolute atomic E-state index is 0.118. The van der Waals surface area contributed by atoms with Gasteiger partial charge in [-0.1, -0.05) is 0 Å². The molecule has 1 heterocycles. The van der Waals surface area contributed by atoms with Crippen LogP contribution in [-0.4, -0.2) is 36.5 Å². The number of nitrogens with zero attached hydrogens (tertiary/aromatic N) is 1. The Morgan fingerprint density at radius 2 is 1.90 bits per heavy atom. The summed E-state index contributed by atoms with van der Waals surface area (Å²) in [5.74, 6) is -0.632. The largest absolute Gasteiger partial charge is 0.398 e. The van der Waals surface area contributed by atoms with E-state index in [4.69, 9.17) is 5.73 Å².